The van der Waals surface area contributed by atoms with Crippen molar-refractivity contribution >= 4 is 35.0 Å². The number of halogens is 1. The molecule has 0 fully saturated rings. The summed E-state index contributed by atoms with van der Waals surface area (Å²) in [5, 5.41) is 13.7. The lowest BCUT2D eigenvalue weighted by molar-refractivity contribution is -0.125. The number of oxime groups is 1. The second-order valence-electron chi connectivity index (χ2n) is 5.27. The molecule has 8 heteroatoms. The van der Waals surface area contributed by atoms with Gasteiger partial charge in [0.15, 0.2) is 5.17 Å². The molecule has 0 aliphatic carbocycles. The van der Waals surface area contributed by atoms with Crippen molar-refractivity contribution in [3.05, 3.63) is 34.9 Å². The Morgan fingerprint density at radius 3 is 2.96 bits per heavy atom. The molecule has 1 heterocycles. The Kier molecular flexibility index (Phi) is 5.33. The minimum Gasteiger partial charge on any atom is -0.410 e. The van der Waals surface area contributed by atoms with E-state index < -0.39 is 0 Å². The van der Waals surface area contributed by atoms with E-state index >= 15 is 0 Å². The van der Waals surface area contributed by atoms with Crippen LogP contribution in [0.15, 0.2) is 23.4 Å². The van der Waals surface area contributed by atoms with E-state index in [-0.39, 0.29) is 29.4 Å². The molecule has 1 atom stereocenters. The normalized spacial score (nSPS) is 15.3. The Morgan fingerprint density at radius 2 is 2.30 bits per heavy atom. The zero-order valence-corrected chi connectivity index (χ0v) is 13.2. The molecule has 0 saturated carbocycles. The van der Waals surface area contributed by atoms with Crippen LogP contribution in [0.2, 0.25) is 0 Å². The molecule has 122 valence electrons. The lowest BCUT2D eigenvalue weighted by Gasteiger charge is -2.23. The van der Waals surface area contributed by atoms with Crippen molar-refractivity contribution in [2.45, 2.75) is 32.4 Å². The lowest BCUT2D eigenvalue weighted by atomic mass is 10.1. The monoisotopic (exact) mass is 337 g/mol. The van der Waals surface area contributed by atoms with Crippen LogP contribution in [0.3, 0.4) is 0 Å². The predicted octanol–water partition coefficient (Wildman–Crippen LogP) is 1.46. The molecule has 1 aliphatic heterocycles. The quantitative estimate of drug-likeness (QED) is 0.355. The highest BCUT2D eigenvalue weighted by Crippen LogP contribution is 2.27. The Morgan fingerprint density at radius 1 is 1.57 bits per heavy atom. The van der Waals surface area contributed by atoms with Gasteiger partial charge in [-0.15, -0.1) is 0 Å². The van der Waals surface area contributed by atoms with Gasteiger partial charge in [0.2, 0.25) is 12.3 Å². The lowest BCUT2D eigenvalue weighted by Crippen LogP contribution is -2.34. The summed E-state index contributed by atoms with van der Waals surface area (Å²) in [4.78, 5) is 35.6. The number of carbonyl (C=O) groups is 3. The average molecular weight is 338 g/mol. The number of benzene rings is 1. The minimum absolute atomic E-state index is 0.0442. The molecule has 0 bridgehead atoms. The summed E-state index contributed by atoms with van der Waals surface area (Å²) in [6, 6.07) is 4.82. The zero-order chi connectivity index (χ0) is 17.0. The fourth-order valence-electron chi connectivity index (χ4n) is 2.52. The van der Waals surface area contributed by atoms with E-state index in [2.05, 4.69) is 10.5 Å². The number of hydrogen-bond acceptors (Lipinski definition) is 5. The van der Waals surface area contributed by atoms with Crippen LogP contribution in [0.1, 0.15) is 41.3 Å². The SMILES string of the molecule is CC(CCC(=O)NC=O)N1Cc2cc(/C(Cl)=N/O)ccc2C1=O. The maximum atomic E-state index is 12.4. The number of nitrogens with one attached hydrogen (secondary N) is 1. The smallest absolute Gasteiger partial charge is 0.254 e. The van der Waals surface area contributed by atoms with Gasteiger partial charge in [-0.05, 0) is 31.0 Å². The summed E-state index contributed by atoms with van der Waals surface area (Å²) in [5.74, 6) is -0.490. The van der Waals surface area contributed by atoms with Crippen LogP contribution in [0, 0.1) is 0 Å². The van der Waals surface area contributed by atoms with Gasteiger partial charge in [-0.3, -0.25) is 19.7 Å². The van der Waals surface area contributed by atoms with E-state index in [4.69, 9.17) is 16.8 Å². The van der Waals surface area contributed by atoms with E-state index in [0.717, 1.165) is 5.56 Å². The van der Waals surface area contributed by atoms with E-state index in [1.165, 1.54) is 0 Å². The van der Waals surface area contributed by atoms with Crippen molar-refractivity contribution in [3.63, 3.8) is 0 Å². The van der Waals surface area contributed by atoms with Gasteiger partial charge in [0.1, 0.15) is 0 Å². The number of amides is 3. The number of carbonyl (C=O) groups excluding carboxylic acids is 3. The molecule has 1 aliphatic rings. The fourth-order valence-corrected chi connectivity index (χ4v) is 2.64. The van der Waals surface area contributed by atoms with Crippen LogP contribution in [0.25, 0.3) is 0 Å². The standard InChI is InChI=1S/C15H16ClN3O4/c1-9(2-5-13(21)17-8-20)19-7-11-6-10(14(16)18-23)3-4-12(11)15(19)22/h3-4,6,8-9,23H,2,5,7H2,1H3,(H,17,20,21)/b18-14-. The van der Waals surface area contributed by atoms with Crippen LogP contribution in [0.4, 0.5) is 0 Å². The van der Waals surface area contributed by atoms with Crippen molar-refractivity contribution in [3.8, 4) is 0 Å². The van der Waals surface area contributed by atoms with E-state index in [9.17, 15) is 14.4 Å². The van der Waals surface area contributed by atoms with Gasteiger partial charge in [-0.1, -0.05) is 22.8 Å². The molecule has 7 nitrogen and oxygen atoms in total. The molecule has 3 amide bonds. The molecular weight excluding hydrogens is 322 g/mol. The van der Waals surface area contributed by atoms with Crippen molar-refractivity contribution in [2.75, 3.05) is 0 Å². The Balaban J connectivity index is 2.08. The van der Waals surface area contributed by atoms with Gasteiger partial charge in [0, 0.05) is 30.1 Å². The molecule has 23 heavy (non-hydrogen) atoms. The molecule has 1 aromatic rings. The molecule has 0 saturated heterocycles. The third-order valence-corrected chi connectivity index (χ3v) is 4.10. The van der Waals surface area contributed by atoms with Crippen molar-refractivity contribution < 1.29 is 19.6 Å². The molecule has 2 N–H and O–H groups in total. The first kappa shape index (κ1) is 17.0. The Bertz CT molecular complexity index is 675. The molecular formula is C15H16ClN3O4. The third-order valence-electron chi connectivity index (χ3n) is 3.80. The zero-order valence-electron chi connectivity index (χ0n) is 12.5. The Hall–Kier alpha value is -2.41. The van der Waals surface area contributed by atoms with E-state index in [1.54, 1.807) is 23.1 Å². The second-order valence-corrected chi connectivity index (χ2v) is 5.63. The largest absolute Gasteiger partial charge is 0.410 e. The maximum Gasteiger partial charge on any atom is 0.254 e. The number of fused-ring (bicyclic) bond motifs is 1. The molecule has 0 radical (unpaired) electrons. The first-order valence-corrected chi connectivity index (χ1v) is 7.40. The summed E-state index contributed by atoms with van der Waals surface area (Å²) in [7, 11) is 0. The number of hydrogen-bond donors (Lipinski definition) is 2. The second kappa shape index (κ2) is 7.23. The van der Waals surface area contributed by atoms with Crippen LogP contribution < -0.4 is 5.32 Å². The highest BCUT2D eigenvalue weighted by atomic mass is 35.5. The molecule has 1 unspecified atom stereocenters. The number of rotatable bonds is 6. The van der Waals surface area contributed by atoms with Crippen LogP contribution in [0.5, 0.6) is 0 Å². The molecule has 2 rings (SSSR count). The van der Waals surface area contributed by atoms with Crippen LogP contribution in [-0.2, 0) is 16.1 Å². The summed E-state index contributed by atoms with van der Waals surface area (Å²) >= 11 is 5.77. The van der Waals surface area contributed by atoms with Gasteiger partial charge in [0.05, 0.1) is 0 Å². The number of nitrogens with zero attached hydrogens (tertiary/aromatic N) is 2. The summed E-state index contributed by atoms with van der Waals surface area (Å²) in [6.07, 6.45) is 0.956. The minimum atomic E-state index is -0.371. The van der Waals surface area contributed by atoms with E-state index in [0.29, 0.717) is 30.5 Å². The average Bonchev–Trinajstić information content (AvgIpc) is 2.88. The first-order chi connectivity index (χ1) is 11.0. The van der Waals surface area contributed by atoms with Gasteiger partial charge >= 0.3 is 0 Å². The number of imide groups is 1. The topological polar surface area (TPSA) is 99.1 Å². The van der Waals surface area contributed by atoms with Crippen molar-refractivity contribution in [2.24, 2.45) is 5.16 Å². The third kappa shape index (κ3) is 3.68. The van der Waals surface area contributed by atoms with Gasteiger partial charge < -0.3 is 10.1 Å². The van der Waals surface area contributed by atoms with Gasteiger partial charge in [-0.25, -0.2) is 0 Å². The van der Waals surface area contributed by atoms with Gasteiger partial charge in [-0.2, -0.15) is 0 Å². The molecule has 0 aromatic heterocycles. The van der Waals surface area contributed by atoms with E-state index in [1.807, 2.05) is 6.92 Å². The van der Waals surface area contributed by atoms with Crippen LogP contribution >= 0.6 is 11.6 Å². The summed E-state index contributed by atoms with van der Waals surface area (Å²) < 4.78 is 0. The predicted molar refractivity (Wildman–Crippen MR) is 83.4 cm³/mol. The highest BCUT2D eigenvalue weighted by Gasteiger charge is 2.31. The first-order valence-electron chi connectivity index (χ1n) is 7.02. The summed E-state index contributed by atoms with van der Waals surface area (Å²) in [6.45, 7) is 2.25. The van der Waals surface area contributed by atoms with Gasteiger partial charge in [0.25, 0.3) is 5.91 Å². The van der Waals surface area contributed by atoms with Crippen molar-refractivity contribution in [1.29, 1.82) is 0 Å². The summed E-state index contributed by atoms with van der Waals surface area (Å²) in [5.41, 5.74) is 1.89. The molecule has 0 spiro atoms. The molecule has 1 aromatic carbocycles. The maximum absolute atomic E-state index is 12.4. The van der Waals surface area contributed by atoms with Crippen LogP contribution in [-0.4, -0.2) is 39.5 Å². The highest BCUT2D eigenvalue weighted by molar-refractivity contribution is 6.69. The Labute approximate surface area is 137 Å². The fraction of sp³-hybridized carbons (Fsp3) is 0.333. The van der Waals surface area contributed by atoms with Crippen molar-refractivity contribution in [1.82, 2.24) is 10.2 Å².